The Morgan fingerprint density at radius 1 is 1.12 bits per heavy atom. The molecule has 0 aromatic heterocycles. The van der Waals surface area contributed by atoms with E-state index in [9.17, 15) is 20.1 Å². The molecule has 8 heteroatoms. The normalized spacial score (nSPS) is 27.6. The van der Waals surface area contributed by atoms with Gasteiger partial charge in [0, 0.05) is 6.08 Å². The van der Waals surface area contributed by atoms with Gasteiger partial charge in [-0.3, -0.25) is 0 Å². The predicted octanol–water partition coefficient (Wildman–Crippen LogP) is 2.73. The molecule has 1 saturated heterocycles. The minimum absolute atomic E-state index is 0.00227. The highest BCUT2D eigenvalue weighted by molar-refractivity contribution is 5.82. The lowest BCUT2D eigenvalue weighted by Gasteiger charge is -2.26. The third kappa shape index (κ3) is 10.1. The maximum absolute atomic E-state index is 12.6. The largest absolute Gasteiger partial charge is 0.459 e. The van der Waals surface area contributed by atoms with E-state index in [0.29, 0.717) is 18.4 Å². The fourth-order valence-electron chi connectivity index (χ4n) is 4.14. The third-order valence-electron chi connectivity index (χ3n) is 6.65. The van der Waals surface area contributed by atoms with Gasteiger partial charge in [0.05, 0.1) is 19.3 Å². The molecule has 8 nitrogen and oxygen atoms in total. The van der Waals surface area contributed by atoms with Crippen molar-refractivity contribution in [2.24, 2.45) is 17.8 Å². The lowest BCUT2D eigenvalue weighted by molar-refractivity contribution is -0.164. The average molecular weight is 487 g/mol. The van der Waals surface area contributed by atoms with E-state index in [1.54, 1.807) is 13.8 Å². The van der Waals surface area contributed by atoms with E-state index in [1.165, 1.54) is 6.08 Å². The second kappa shape index (κ2) is 15.0. The maximum atomic E-state index is 12.6. The molecule has 0 bridgehead atoms. The number of allylic oxidation sites excluding steroid dienone is 1. The van der Waals surface area contributed by atoms with Crippen molar-refractivity contribution in [3.8, 4) is 0 Å². The first-order valence-electron chi connectivity index (χ1n) is 12.4. The van der Waals surface area contributed by atoms with Crippen molar-refractivity contribution >= 4 is 5.97 Å². The van der Waals surface area contributed by atoms with Gasteiger partial charge < -0.3 is 34.6 Å². The highest BCUT2D eigenvalue weighted by Gasteiger charge is 2.43. The van der Waals surface area contributed by atoms with Crippen LogP contribution in [0.2, 0.25) is 0 Å². The van der Waals surface area contributed by atoms with E-state index in [2.05, 4.69) is 27.4 Å². The van der Waals surface area contributed by atoms with Gasteiger partial charge in [0.1, 0.15) is 24.4 Å². The first kappa shape index (κ1) is 30.7. The Labute approximate surface area is 204 Å². The summed E-state index contributed by atoms with van der Waals surface area (Å²) in [4.78, 5) is 12.6. The zero-order valence-corrected chi connectivity index (χ0v) is 21.6. The van der Waals surface area contributed by atoms with Crippen LogP contribution < -0.4 is 0 Å². The van der Waals surface area contributed by atoms with Gasteiger partial charge in [-0.15, -0.1) is 0 Å². The van der Waals surface area contributed by atoms with Gasteiger partial charge in [-0.25, -0.2) is 4.79 Å². The quantitative estimate of drug-likeness (QED) is 0.158. The molecule has 0 aromatic rings. The summed E-state index contributed by atoms with van der Waals surface area (Å²) < 4.78 is 16.6. The molecule has 1 aliphatic heterocycles. The van der Waals surface area contributed by atoms with Crippen LogP contribution in [0, 0.1) is 17.8 Å². The van der Waals surface area contributed by atoms with Crippen LogP contribution >= 0.6 is 0 Å². The number of rotatable bonds is 15. The van der Waals surface area contributed by atoms with Crippen LogP contribution in [0.4, 0.5) is 0 Å². The highest BCUT2D eigenvalue weighted by Crippen LogP contribution is 2.27. The summed E-state index contributed by atoms with van der Waals surface area (Å²) in [6, 6.07) is 0. The Balaban J connectivity index is 2.72. The Bertz CT molecular complexity index is 661. The van der Waals surface area contributed by atoms with Crippen LogP contribution in [0.1, 0.15) is 67.2 Å². The average Bonchev–Trinajstić information content (AvgIpc) is 3.04. The molecule has 9 atom stereocenters. The zero-order valence-electron chi connectivity index (χ0n) is 21.6. The van der Waals surface area contributed by atoms with Crippen molar-refractivity contribution in [3.63, 3.8) is 0 Å². The van der Waals surface area contributed by atoms with Crippen molar-refractivity contribution < 1.29 is 39.4 Å². The molecule has 0 saturated carbocycles. The molecule has 1 rings (SSSR count). The van der Waals surface area contributed by atoms with Crippen LogP contribution in [0.25, 0.3) is 0 Å². The molecule has 1 unspecified atom stereocenters. The van der Waals surface area contributed by atoms with Crippen LogP contribution in [0.5, 0.6) is 0 Å². The molecule has 34 heavy (non-hydrogen) atoms. The van der Waals surface area contributed by atoms with E-state index in [0.717, 1.165) is 18.4 Å². The first-order chi connectivity index (χ1) is 15.9. The minimum Gasteiger partial charge on any atom is -0.459 e. The Morgan fingerprint density at radius 2 is 1.76 bits per heavy atom. The lowest BCUT2D eigenvalue weighted by Crippen LogP contribution is -2.34. The SMILES string of the molecule is C=C(CC)[C@H](C)C[C@@H](C[C@@H](C)C[C@@H](C)C(C)O)OC(=O)/C=C(\C)CO[C@H]1O[C@H](CO)[C@@H](O)[C@H]1O. The predicted molar refractivity (Wildman–Crippen MR) is 130 cm³/mol. The summed E-state index contributed by atoms with van der Waals surface area (Å²) >= 11 is 0. The van der Waals surface area contributed by atoms with Gasteiger partial charge in [0.15, 0.2) is 6.29 Å². The second-order valence-electron chi connectivity index (χ2n) is 10.0. The van der Waals surface area contributed by atoms with Crippen molar-refractivity contribution in [2.75, 3.05) is 13.2 Å². The van der Waals surface area contributed by atoms with Gasteiger partial charge in [-0.1, -0.05) is 39.8 Å². The molecule has 1 heterocycles. The monoisotopic (exact) mass is 486 g/mol. The topological polar surface area (TPSA) is 126 Å². The summed E-state index contributed by atoms with van der Waals surface area (Å²) in [5, 5.41) is 38.7. The number of hydrogen-bond acceptors (Lipinski definition) is 8. The molecule has 0 spiro atoms. The highest BCUT2D eigenvalue weighted by atomic mass is 16.7. The van der Waals surface area contributed by atoms with Crippen LogP contribution in [0.15, 0.2) is 23.8 Å². The lowest BCUT2D eigenvalue weighted by atomic mass is 9.86. The molecule has 1 aliphatic rings. The fraction of sp³-hybridized carbons (Fsp3) is 0.808. The minimum atomic E-state index is -1.28. The molecule has 0 aromatic carbocycles. The number of esters is 1. The van der Waals surface area contributed by atoms with Crippen molar-refractivity contribution in [2.45, 2.75) is 104 Å². The number of ether oxygens (including phenoxy) is 3. The van der Waals surface area contributed by atoms with E-state index in [4.69, 9.17) is 19.3 Å². The number of carbonyl (C=O) groups excluding carboxylic acids is 1. The maximum Gasteiger partial charge on any atom is 0.331 e. The van der Waals surface area contributed by atoms with Crippen molar-refractivity contribution in [1.82, 2.24) is 0 Å². The summed E-state index contributed by atoms with van der Waals surface area (Å²) in [5.41, 5.74) is 1.69. The molecule has 1 fully saturated rings. The van der Waals surface area contributed by atoms with Crippen molar-refractivity contribution in [3.05, 3.63) is 23.8 Å². The molecule has 0 amide bonds. The van der Waals surface area contributed by atoms with Gasteiger partial charge in [0.25, 0.3) is 0 Å². The Morgan fingerprint density at radius 3 is 2.29 bits per heavy atom. The molecular weight excluding hydrogens is 440 g/mol. The van der Waals surface area contributed by atoms with Crippen LogP contribution in [-0.2, 0) is 19.0 Å². The third-order valence-corrected chi connectivity index (χ3v) is 6.65. The van der Waals surface area contributed by atoms with E-state index in [1.807, 2.05) is 6.92 Å². The fourth-order valence-corrected chi connectivity index (χ4v) is 4.14. The summed E-state index contributed by atoms with van der Waals surface area (Å²) in [6.07, 6.45) is -0.745. The van der Waals surface area contributed by atoms with E-state index < -0.39 is 37.2 Å². The number of aliphatic hydroxyl groups is 4. The molecule has 4 N–H and O–H groups in total. The second-order valence-corrected chi connectivity index (χ2v) is 10.0. The summed E-state index contributed by atoms with van der Waals surface area (Å²) in [5.74, 6) is 0.164. The number of carbonyl (C=O) groups is 1. The molecule has 0 radical (unpaired) electrons. The summed E-state index contributed by atoms with van der Waals surface area (Å²) in [6.45, 7) is 15.4. The Kier molecular flexibility index (Phi) is 13.5. The molecule has 0 aliphatic carbocycles. The van der Waals surface area contributed by atoms with Gasteiger partial charge in [-0.05, 0) is 62.9 Å². The van der Waals surface area contributed by atoms with Gasteiger partial charge in [0.2, 0.25) is 0 Å². The Hall–Kier alpha value is -1.29. The van der Waals surface area contributed by atoms with Gasteiger partial charge >= 0.3 is 5.97 Å². The summed E-state index contributed by atoms with van der Waals surface area (Å²) in [7, 11) is 0. The van der Waals surface area contributed by atoms with Crippen molar-refractivity contribution in [1.29, 1.82) is 0 Å². The molecular formula is C26H46O8. The smallest absolute Gasteiger partial charge is 0.331 e. The standard InChI is InChI=1S/C26H46O8/c1-8-17(4)18(5)12-21(10-15(2)9-19(6)20(7)28)33-23(29)11-16(3)14-32-26-25(31)24(30)22(13-27)34-26/h11,15,18-22,24-28,30-31H,4,8-10,12-14H2,1-3,5-7H3/b16-11+/t15-,18+,19+,20?,21+,22+,24+,25+,26-/m0/s1. The van der Waals surface area contributed by atoms with Crippen LogP contribution in [0.3, 0.4) is 0 Å². The zero-order chi connectivity index (χ0) is 26.0. The first-order valence-corrected chi connectivity index (χ1v) is 12.4. The number of aliphatic hydroxyl groups excluding tert-OH is 4. The van der Waals surface area contributed by atoms with E-state index >= 15 is 0 Å². The molecule has 198 valence electrons. The van der Waals surface area contributed by atoms with Gasteiger partial charge in [-0.2, -0.15) is 0 Å². The van der Waals surface area contributed by atoms with Crippen LogP contribution in [-0.4, -0.2) is 76.4 Å². The number of hydrogen-bond donors (Lipinski definition) is 4. The van der Waals surface area contributed by atoms with E-state index in [-0.39, 0.29) is 36.6 Å².